The summed E-state index contributed by atoms with van der Waals surface area (Å²) in [5.41, 5.74) is 4.97. The summed E-state index contributed by atoms with van der Waals surface area (Å²) in [7, 11) is 0. The van der Waals surface area contributed by atoms with E-state index >= 15 is 0 Å². The lowest BCUT2D eigenvalue weighted by molar-refractivity contribution is 0.104. The van der Waals surface area contributed by atoms with Crippen molar-refractivity contribution in [2.75, 3.05) is 0 Å². The molecular weight excluding hydrogens is 234 g/mol. The molecule has 0 amide bonds. The van der Waals surface area contributed by atoms with E-state index in [4.69, 9.17) is 0 Å². The summed E-state index contributed by atoms with van der Waals surface area (Å²) >= 11 is 0. The second-order valence-electron chi connectivity index (χ2n) is 4.79. The number of hydrogen-bond acceptors (Lipinski definition) is 2. The summed E-state index contributed by atoms with van der Waals surface area (Å²) in [6.07, 6.45) is 9.93. The van der Waals surface area contributed by atoms with Crippen LogP contribution in [0.3, 0.4) is 0 Å². The second-order valence-corrected chi connectivity index (χ2v) is 4.79. The third-order valence-corrected chi connectivity index (χ3v) is 3.68. The highest BCUT2D eigenvalue weighted by Crippen LogP contribution is 2.39. The number of rotatable bonds is 0. The Morgan fingerprint density at radius 1 is 1.11 bits per heavy atom. The van der Waals surface area contributed by atoms with Gasteiger partial charge in [0.25, 0.3) is 0 Å². The maximum atomic E-state index is 12.1. The van der Waals surface area contributed by atoms with E-state index in [2.05, 4.69) is 24.0 Å². The normalized spacial score (nSPS) is 23.7. The van der Waals surface area contributed by atoms with E-state index in [1.54, 1.807) is 6.08 Å². The molecule has 0 bridgehead atoms. The van der Waals surface area contributed by atoms with Gasteiger partial charge in [0.1, 0.15) is 0 Å². The van der Waals surface area contributed by atoms with Crippen molar-refractivity contribution < 1.29 is 4.79 Å². The van der Waals surface area contributed by atoms with Crippen LogP contribution in [0.1, 0.15) is 15.9 Å². The Balaban J connectivity index is 2.03. The molecule has 3 aliphatic rings. The van der Waals surface area contributed by atoms with Gasteiger partial charge in [-0.3, -0.25) is 10.1 Å². The van der Waals surface area contributed by atoms with Crippen molar-refractivity contribution in [3.05, 3.63) is 83.5 Å². The summed E-state index contributed by atoms with van der Waals surface area (Å²) in [4.78, 5) is 12.1. The molecule has 1 aromatic carbocycles. The Morgan fingerprint density at radius 3 is 2.84 bits per heavy atom. The summed E-state index contributed by atoms with van der Waals surface area (Å²) in [5.74, 6) is 0.0537. The van der Waals surface area contributed by atoms with Gasteiger partial charge < -0.3 is 0 Å². The van der Waals surface area contributed by atoms with Crippen LogP contribution in [0.15, 0.2) is 65.8 Å². The van der Waals surface area contributed by atoms with Crippen molar-refractivity contribution in [1.82, 2.24) is 5.32 Å². The lowest BCUT2D eigenvalue weighted by Gasteiger charge is -2.31. The van der Waals surface area contributed by atoms with Crippen LogP contribution in [-0.2, 0) is 0 Å². The van der Waals surface area contributed by atoms with Gasteiger partial charge in [0, 0.05) is 5.56 Å². The van der Waals surface area contributed by atoms with E-state index in [1.807, 2.05) is 36.4 Å². The SMILES string of the molecule is O=C1C=C2[C]NC3C=CC=CC3=C2c2ccccc21. The summed E-state index contributed by atoms with van der Waals surface area (Å²) in [6.45, 7) is 3.14. The maximum Gasteiger partial charge on any atom is 0.186 e. The molecule has 0 fully saturated rings. The number of fused-ring (bicyclic) bond motifs is 4. The standard InChI is InChI=1S/C17H11NO/c19-16-9-11-10-18-15-8-4-3-7-14(15)17(11)13-6-2-1-5-12(13)16/h1-9,15,18H. The van der Waals surface area contributed by atoms with Crippen molar-refractivity contribution in [3.63, 3.8) is 0 Å². The predicted octanol–water partition coefficient (Wildman–Crippen LogP) is 2.70. The molecule has 4 rings (SSSR count). The summed E-state index contributed by atoms with van der Waals surface area (Å²) < 4.78 is 0. The van der Waals surface area contributed by atoms with Gasteiger partial charge in [-0.05, 0) is 28.4 Å². The van der Waals surface area contributed by atoms with Crippen molar-refractivity contribution in [3.8, 4) is 0 Å². The highest BCUT2D eigenvalue weighted by Gasteiger charge is 2.30. The van der Waals surface area contributed by atoms with Crippen LogP contribution in [0, 0.1) is 6.54 Å². The molecule has 1 aromatic rings. The van der Waals surface area contributed by atoms with Crippen LogP contribution < -0.4 is 5.32 Å². The quantitative estimate of drug-likeness (QED) is 0.761. The van der Waals surface area contributed by atoms with E-state index in [0.717, 1.165) is 22.3 Å². The molecule has 1 N–H and O–H groups in total. The highest BCUT2D eigenvalue weighted by atomic mass is 16.1. The third kappa shape index (κ3) is 1.50. The molecule has 0 saturated heterocycles. The second kappa shape index (κ2) is 3.90. The van der Waals surface area contributed by atoms with Gasteiger partial charge in [0.05, 0.1) is 12.6 Å². The lowest BCUT2D eigenvalue weighted by Crippen LogP contribution is -2.34. The average Bonchev–Trinajstić information content (AvgIpc) is 2.47. The Morgan fingerprint density at radius 2 is 1.95 bits per heavy atom. The molecule has 90 valence electrons. The van der Waals surface area contributed by atoms with Gasteiger partial charge in [-0.2, -0.15) is 0 Å². The zero-order valence-electron chi connectivity index (χ0n) is 10.2. The van der Waals surface area contributed by atoms with Crippen LogP contribution in [0.4, 0.5) is 0 Å². The first-order valence-corrected chi connectivity index (χ1v) is 6.31. The van der Waals surface area contributed by atoms with Crippen molar-refractivity contribution >= 4 is 11.4 Å². The minimum atomic E-state index is 0.0537. The minimum absolute atomic E-state index is 0.0537. The highest BCUT2D eigenvalue weighted by molar-refractivity contribution is 6.15. The van der Waals surface area contributed by atoms with E-state index < -0.39 is 0 Å². The topological polar surface area (TPSA) is 29.1 Å². The average molecular weight is 245 g/mol. The molecule has 1 unspecified atom stereocenters. The lowest BCUT2D eigenvalue weighted by atomic mass is 9.78. The number of carbonyl (C=O) groups excluding carboxylic acids is 1. The minimum Gasteiger partial charge on any atom is -0.293 e. The number of benzene rings is 1. The van der Waals surface area contributed by atoms with E-state index in [1.165, 1.54) is 5.57 Å². The van der Waals surface area contributed by atoms with Crippen molar-refractivity contribution in [2.24, 2.45) is 0 Å². The largest absolute Gasteiger partial charge is 0.293 e. The van der Waals surface area contributed by atoms with E-state index in [-0.39, 0.29) is 11.8 Å². The number of carbonyl (C=O) groups is 1. The van der Waals surface area contributed by atoms with Crippen LogP contribution in [0.2, 0.25) is 0 Å². The molecule has 2 aliphatic carbocycles. The molecular formula is C17H11NO. The third-order valence-electron chi connectivity index (χ3n) is 3.68. The van der Waals surface area contributed by atoms with Gasteiger partial charge in [0.15, 0.2) is 5.78 Å². The molecule has 1 heterocycles. The number of nitrogens with one attached hydrogen (secondary N) is 1. The Labute approximate surface area is 111 Å². The van der Waals surface area contributed by atoms with Gasteiger partial charge in [-0.15, -0.1) is 0 Å². The Hall–Kier alpha value is -2.19. The number of ketones is 1. The molecule has 19 heavy (non-hydrogen) atoms. The monoisotopic (exact) mass is 245 g/mol. The zero-order valence-corrected chi connectivity index (χ0v) is 10.2. The molecule has 0 spiro atoms. The van der Waals surface area contributed by atoms with Gasteiger partial charge in [0.2, 0.25) is 0 Å². The summed E-state index contributed by atoms with van der Waals surface area (Å²) in [5, 5.41) is 3.21. The Kier molecular flexibility index (Phi) is 2.20. The fourth-order valence-corrected chi connectivity index (χ4v) is 2.81. The number of allylic oxidation sites excluding steroid dienone is 3. The molecule has 2 nitrogen and oxygen atoms in total. The van der Waals surface area contributed by atoms with Gasteiger partial charge >= 0.3 is 0 Å². The first-order chi connectivity index (χ1) is 9.34. The van der Waals surface area contributed by atoms with Gasteiger partial charge in [-0.1, -0.05) is 48.6 Å². The van der Waals surface area contributed by atoms with Gasteiger partial charge in [-0.25, -0.2) is 0 Å². The van der Waals surface area contributed by atoms with Crippen LogP contribution in [-0.4, -0.2) is 11.8 Å². The molecule has 2 radical (unpaired) electrons. The molecule has 2 heteroatoms. The number of hydrogen-bond donors (Lipinski definition) is 1. The summed E-state index contributed by atoms with van der Waals surface area (Å²) in [6, 6.07) is 7.93. The van der Waals surface area contributed by atoms with Crippen LogP contribution >= 0.6 is 0 Å². The molecule has 0 aromatic heterocycles. The van der Waals surface area contributed by atoms with E-state index in [9.17, 15) is 4.79 Å². The zero-order chi connectivity index (χ0) is 12.8. The van der Waals surface area contributed by atoms with Crippen molar-refractivity contribution in [1.29, 1.82) is 0 Å². The molecule has 1 aliphatic heterocycles. The fourth-order valence-electron chi connectivity index (χ4n) is 2.81. The first kappa shape index (κ1) is 10.7. The van der Waals surface area contributed by atoms with Crippen LogP contribution in [0.5, 0.6) is 0 Å². The predicted molar refractivity (Wildman–Crippen MR) is 74.2 cm³/mol. The van der Waals surface area contributed by atoms with Crippen LogP contribution in [0.25, 0.3) is 5.57 Å². The first-order valence-electron chi connectivity index (χ1n) is 6.31. The maximum absolute atomic E-state index is 12.1. The van der Waals surface area contributed by atoms with E-state index in [0.29, 0.717) is 0 Å². The Bertz CT molecular complexity index is 704. The molecule has 1 atom stereocenters. The van der Waals surface area contributed by atoms with Crippen molar-refractivity contribution in [2.45, 2.75) is 6.04 Å². The molecule has 0 saturated carbocycles. The smallest absolute Gasteiger partial charge is 0.186 e. The fraction of sp³-hybridized carbons (Fsp3) is 0.0588.